The molecule has 0 aliphatic carbocycles. The first-order chi connectivity index (χ1) is 8.58. The van der Waals surface area contributed by atoms with Crippen LogP contribution in [0.3, 0.4) is 0 Å². The minimum atomic E-state index is -0.252. The number of aryl methyl sites for hydroxylation is 1. The second-order valence-electron chi connectivity index (χ2n) is 4.09. The predicted octanol–water partition coefficient (Wildman–Crippen LogP) is 3.24. The number of nitrogens with one attached hydrogen (secondary N) is 1. The number of nitrogens with zero attached hydrogens (tertiary/aromatic N) is 1. The van der Waals surface area contributed by atoms with E-state index in [4.69, 9.17) is 4.52 Å². The van der Waals surface area contributed by atoms with Crippen molar-refractivity contribution < 1.29 is 9.32 Å². The van der Waals surface area contributed by atoms with Crippen LogP contribution in [0.5, 0.6) is 0 Å². The van der Waals surface area contributed by atoms with E-state index < -0.39 is 0 Å². The first-order valence-electron chi connectivity index (χ1n) is 5.55. The first-order valence-corrected chi connectivity index (χ1v) is 6.35. The molecule has 0 saturated heterocycles. The van der Waals surface area contributed by atoms with E-state index in [9.17, 15) is 4.79 Å². The van der Waals surface area contributed by atoms with E-state index in [-0.39, 0.29) is 17.7 Å². The van der Waals surface area contributed by atoms with Gasteiger partial charge in [-0.2, -0.15) is 0 Å². The van der Waals surface area contributed by atoms with Gasteiger partial charge in [-0.3, -0.25) is 4.79 Å². The van der Waals surface area contributed by atoms with Crippen LogP contribution in [0.15, 0.2) is 39.5 Å². The molecular weight excluding hydrogens is 296 g/mol. The minimum absolute atomic E-state index is 0.0977. The standard InChI is InChI=1S/C13H13BrN2O2/c1-8-7-15-18-12(8)13(17)16-9(2)10-4-3-5-11(14)6-10/h3-7,9H,1-2H3,(H,16,17). The zero-order valence-electron chi connectivity index (χ0n) is 10.1. The summed E-state index contributed by atoms with van der Waals surface area (Å²) >= 11 is 3.41. The Balaban J connectivity index is 2.10. The highest BCUT2D eigenvalue weighted by atomic mass is 79.9. The second kappa shape index (κ2) is 5.35. The van der Waals surface area contributed by atoms with Crippen molar-refractivity contribution in [3.8, 4) is 0 Å². The summed E-state index contributed by atoms with van der Waals surface area (Å²) < 4.78 is 5.90. The summed E-state index contributed by atoms with van der Waals surface area (Å²) in [5, 5.41) is 6.47. The van der Waals surface area contributed by atoms with Crippen molar-refractivity contribution in [2.75, 3.05) is 0 Å². The van der Waals surface area contributed by atoms with Crippen LogP contribution >= 0.6 is 15.9 Å². The molecule has 0 bridgehead atoms. The predicted molar refractivity (Wildman–Crippen MR) is 71.3 cm³/mol. The Labute approximate surface area is 113 Å². The zero-order valence-corrected chi connectivity index (χ0v) is 11.7. The van der Waals surface area contributed by atoms with Crippen LogP contribution < -0.4 is 5.32 Å². The fourth-order valence-corrected chi connectivity index (χ4v) is 2.05. The Morgan fingerprint density at radius 3 is 2.89 bits per heavy atom. The molecule has 2 rings (SSSR count). The maximum atomic E-state index is 11.9. The van der Waals surface area contributed by atoms with Gasteiger partial charge in [0.2, 0.25) is 5.76 Å². The Bertz CT molecular complexity index is 566. The summed E-state index contributed by atoms with van der Waals surface area (Å²) in [7, 11) is 0. The van der Waals surface area contributed by atoms with Gasteiger partial charge in [-0.05, 0) is 31.5 Å². The van der Waals surface area contributed by atoms with Gasteiger partial charge in [0.05, 0.1) is 12.2 Å². The van der Waals surface area contributed by atoms with E-state index >= 15 is 0 Å². The smallest absolute Gasteiger partial charge is 0.290 e. The molecule has 1 atom stereocenters. The number of hydrogen-bond acceptors (Lipinski definition) is 3. The molecule has 1 N–H and O–H groups in total. The summed E-state index contributed by atoms with van der Waals surface area (Å²) in [6.45, 7) is 3.71. The van der Waals surface area contributed by atoms with Gasteiger partial charge in [0.15, 0.2) is 0 Å². The highest BCUT2D eigenvalue weighted by Gasteiger charge is 2.17. The number of amides is 1. The summed E-state index contributed by atoms with van der Waals surface area (Å²) in [5.41, 5.74) is 1.75. The Kier molecular flexibility index (Phi) is 3.81. The van der Waals surface area contributed by atoms with E-state index in [0.717, 1.165) is 15.6 Å². The molecule has 1 aromatic heterocycles. The van der Waals surface area contributed by atoms with Crippen molar-refractivity contribution in [3.63, 3.8) is 0 Å². The molecule has 0 aliphatic rings. The Morgan fingerprint density at radius 2 is 2.28 bits per heavy atom. The van der Waals surface area contributed by atoms with E-state index in [1.165, 1.54) is 6.20 Å². The monoisotopic (exact) mass is 308 g/mol. The molecule has 1 aromatic carbocycles. The third-order valence-electron chi connectivity index (χ3n) is 2.65. The lowest BCUT2D eigenvalue weighted by molar-refractivity contribution is 0.0901. The number of aromatic nitrogens is 1. The van der Waals surface area contributed by atoms with E-state index in [2.05, 4.69) is 26.4 Å². The van der Waals surface area contributed by atoms with Crippen LogP contribution in [0.4, 0.5) is 0 Å². The zero-order chi connectivity index (χ0) is 13.1. The molecule has 1 unspecified atom stereocenters. The molecule has 4 nitrogen and oxygen atoms in total. The maximum absolute atomic E-state index is 11.9. The third kappa shape index (κ3) is 2.79. The van der Waals surface area contributed by atoms with Crippen molar-refractivity contribution in [2.45, 2.75) is 19.9 Å². The summed E-state index contributed by atoms with van der Waals surface area (Å²) in [5.74, 6) is 0.00863. The molecule has 1 amide bonds. The third-order valence-corrected chi connectivity index (χ3v) is 3.14. The van der Waals surface area contributed by atoms with Gasteiger partial charge in [0, 0.05) is 10.0 Å². The van der Waals surface area contributed by atoms with Gasteiger partial charge in [-0.1, -0.05) is 33.2 Å². The highest BCUT2D eigenvalue weighted by Crippen LogP contribution is 2.18. The topological polar surface area (TPSA) is 55.1 Å². The summed E-state index contributed by atoms with van der Waals surface area (Å²) in [4.78, 5) is 11.9. The van der Waals surface area contributed by atoms with Gasteiger partial charge in [-0.15, -0.1) is 0 Å². The molecule has 0 spiro atoms. The van der Waals surface area contributed by atoms with E-state index in [1.54, 1.807) is 6.92 Å². The summed E-state index contributed by atoms with van der Waals surface area (Å²) in [6.07, 6.45) is 1.53. The van der Waals surface area contributed by atoms with Gasteiger partial charge in [0.25, 0.3) is 5.91 Å². The van der Waals surface area contributed by atoms with Crippen molar-refractivity contribution >= 4 is 21.8 Å². The van der Waals surface area contributed by atoms with Crippen LogP contribution in [-0.2, 0) is 0 Å². The van der Waals surface area contributed by atoms with Crippen LogP contribution in [-0.4, -0.2) is 11.1 Å². The van der Waals surface area contributed by atoms with E-state index in [0.29, 0.717) is 0 Å². The fraction of sp³-hybridized carbons (Fsp3) is 0.231. The normalized spacial score (nSPS) is 12.2. The number of rotatable bonds is 3. The second-order valence-corrected chi connectivity index (χ2v) is 5.00. The molecule has 0 aliphatic heterocycles. The minimum Gasteiger partial charge on any atom is -0.351 e. The molecular formula is C13H13BrN2O2. The average molecular weight is 309 g/mol. The Morgan fingerprint density at radius 1 is 1.50 bits per heavy atom. The molecule has 0 radical (unpaired) electrons. The van der Waals surface area contributed by atoms with Crippen molar-refractivity contribution in [1.82, 2.24) is 10.5 Å². The molecule has 2 aromatic rings. The van der Waals surface area contributed by atoms with Crippen molar-refractivity contribution in [3.05, 3.63) is 51.8 Å². The number of hydrogen-bond donors (Lipinski definition) is 1. The molecule has 18 heavy (non-hydrogen) atoms. The molecule has 0 saturated carbocycles. The largest absolute Gasteiger partial charge is 0.351 e. The lowest BCUT2D eigenvalue weighted by atomic mass is 10.1. The molecule has 0 fully saturated rings. The van der Waals surface area contributed by atoms with Crippen LogP contribution in [0, 0.1) is 6.92 Å². The van der Waals surface area contributed by atoms with Gasteiger partial charge < -0.3 is 9.84 Å². The maximum Gasteiger partial charge on any atom is 0.290 e. The van der Waals surface area contributed by atoms with Crippen LogP contribution in [0.25, 0.3) is 0 Å². The first kappa shape index (κ1) is 12.8. The van der Waals surface area contributed by atoms with Crippen LogP contribution in [0.2, 0.25) is 0 Å². The highest BCUT2D eigenvalue weighted by molar-refractivity contribution is 9.10. The van der Waals surface area contributed by atoms with E-state index in [1.807, 2.05) is 31.2 Å². The Hall–Kier alpha value is -1.62. The molecule has 1 heterocycles. The number of carbonyl (C=O) groups is 1. The lowest BCUT2D eigenvalue weighted by Crippen LogP contribution is -2.26. The number of halogens is 1. The van der Waals surface area contributed by atoms with Gasteiger partial charge >= 0.3 is 0 Å². The van der Waals surface area contributed by atoms with Crippen molar-refractivity contribution in [1.29, 1.82) is 0 Å². The lowest BCUT2D eigenvalue weighted by Gasteiger charge is -2.13. The SMILES string of the molecule is Cc1cnoc1C(=O)NC(C)c1cccc(Br)c1. The average Bonchev–Trinajstić information content (AvgIpc) is 2.75. The van der Waals surface area contributed by atoms with Gasteiger partial charge in [0.1, 0.15) is 0 Å². The van der Waals surface area contributed by atoms with Crippen molar-refractivity contribution in [2.24, 2.45) is 0 Å². The number of carbonyl (C=O) groups excluding carboxylic acids is 1. The fourth-order valence-electron chi connectivity index (χ4n) is 1.63. The molecule has 94 valence electrons. The van der Waals surface area contributed by atoms with Gasteiger partial charge in [-0.25, -0.2) is 0 Å². The quantitative estimate of drug-likeness (QED) is 0.947. The summed E-state index contributed by atoms with van der Waals surface area (Å²) in [6, 6.07) is 7.71. The molecule has 5 heteroatoms. The van der Waals surface area contributed by atoms with Crippen LogP contribution in [0.1, 0.15) is 34.6 Å². The number of benzene rings is 1.